The molecule has 1 aromatic rings. The first-order chi connectivity index (χ1) is 9.69. The third-order valence-electron chi connectivity index (χ3n) is 2.59. The zero-order valence-electron chi connectivity index (χ0n) is 11.7. The molecule has 1 aromatic heterocycles. The van der Waals surface area contributed by atoms with Gasteiger partial charge in [0.2, 0.25) is 11.7 Å². The van der Waals surface area contributed by atoms with Crippen molar-refractivity contribution in [3.05, 3.63) is 23.7 Å². The predicted molar refractivity (Wildman–Crippen MR) is 71.3 cm³/mol. The molecule has 0 aliphatic rings. The summed E-state index contributed by atoms with van der Waals surface area (Å²) in [6, 6.07) is 1.69. The third-order valence-corrected chi connectivity index (χ3v) is 2.59. The maximum Gasteiger partial charge on any atom is 0.374 e. The number of nitrogens with one attached hydrogen (secondary N) is 2. The molecule has 7 heteroatoms. The molecular weight excluding hydrogens is 264 g/mol. The molecule has 112 valence electrons. The molecule has 0 saturated carbocycles. The summed E-state index contributed by atoms with van der Waals surface area (Å²) in [5.74, 6) is -0.372. The number of methoxy groups -OCH3 is 2. The fourth-order valence-electron chi connectivity index (χ4n) is 1.55. The lowest BCUT2D eigenvalue weighted by molar-refractivity contribution is -0.121. The molecule has 1 amide bonds. The van der Waals surface area contributed by atoms with Crippen LogP contribution >= 0.6 is 0 Å². The van der Waals surface area contributed by atoms with Crippen molar-refractivity contribution in [2.75, 3.05) is 33.9 Å². The van der Waals surface area contributed by atoms with Gasteiger partial charge >= 0.3 is 5.97 Å². The number of rotatable bonds is 9. The lowest BCUT2D eigenvalue weighted by atomic mass is 10.2. The first-order valence-electron chi connectivity index (χ1n) is 6.30. The Bertz CT molecular complexity index is 430. The van der Waals surface area contributed by atoms with Gasteiger partial charge in [-0.15, -0.1) is 0 Å². The summed E-state index contributed by atoms with van der Waals surface area (Å²) < 4.78 is 14.5. The van der Waals surface area contributed by atoms with Crippen LogP contribution in [0, 0.1) is 0 Å². The highest BCUT2D eigenvalue weighted by Crippen LogP contribution is 2.11. The molecular formula is C13H20N2O5. The molecule has 1 rings (SSSR count). The Kier molecular flexibility index (Phi) is 7.38. The number of esters is 1. The summed E-state index contributed by atoms with van der Waals surface area (Å²) in [6.45, 7) is 1.94. The van der Waals surface area contributed by atoms with Crippen LogP contribution in [-0.2, 0) is 20.8 Å². The molecule has 0 atom stereocenters. The van der Waals surface area contributed by atoms with Gasteiger partial charge in [0.1, 0.15) is 0 Å². The van der Waals surface area contributed by atoms with Crippen LogP contribution in [0.15, 0.2) is 16.7 Å². The van der Waals surface area contributed by atoms with Crippen LogP contribution in [0.25, 0.3) is 0 Å². The van der Waals surface area contributed by atoms with E-state index in [9.17, 15) is 9.59 Å². The quantitative estimate of drug-likeness (QED) is 0.501. The van der Waals surface area contributed by atoms with E-state index in [2.05, 4.69) is 15.4 Å². The zero-order valence-corrected chi connectivity index (χ0v) is 11.7. The van der Waals surface area contributed by atoms with E-state index in [1.807, 2.05) is 0 Å². The minimum absolute atomic E-state index is 0.0464. The smallest absolute Gasteiger partial charge is 0.374 e. The summed E-state index contributed by atoms with van der Waals surface area (Å²) in [4.78, 5) is 22.8. The van der Waals surface area contributed by atoms with E-state index in [0.717, 1.165) is 0 Å². The SMILES string of the molecule is COCCNC(=O)CCNCc1ccoc1C(=O)OC. The topological polar surface area (TPSA) is 89.8 Å². The number of furan rings is 1. The van der Waals surface area contributed by atoms with Crippen LogP contribution in [-0.4, -0.2) is 45.8 Å². The second-order valence-corrected chi connectivity index (χ2v) is 4.04. The Morgan fingerprint density at radius 2 is 2.10 bits per heavy atom. The number of carbonyl (C=O) groups is 2. The molecule has 0 aliphatic heterocycles. The highest BCUT2D eigenvalue weighted by atomic mass is 16.5. The normalized spacial score (nSPS) is 10.3. The van der Waals surface area contributed by atoms with Gasteiger partial charge in [0, 0.05) is 38.7 Å². The highest BCUT2D eigenvalue weighted by Gasteiger charge is 2.15. The van der Waals surface area contributed by atoms with E-state index in [-0.39, 0.29) is 11.7 Å². The second-order valence-electron chi connectivity index (χ2n) is 4.04. The van der Waals surface area contributed by atoms with Crippen molar-refractivity contribution in [3.8, 4) is 0 Å². The fraction of sp³-hybridized carbons (Fsp3) is 0.538. The Hall–Kier alpha value is -1.86. The fourth-order valence-corrected chi connectivity index (χ4v) is 1.55. The molecule has 0 spiro atoms. The summed E-state index contributed by atoms with van der Waals surface area (Å²) in [5.41, 5.74) is 0.705. The van der Waals surface area contributed by atoms with E-state index >= 15 is 0 Å². The molecule has 0 unspecified atom stereocenters. The molecule has 2 N–H and O–H groups in total. The Morgan fingerprint density at radius 1 is 1.30 bits per heavy atom. The minimum Gasteiger partial charge on any atom is -0.463 e. The Balaban J connectivity index is 2.23. The first kappa shape index (κ1) is 16.2. The van der Waals surface area contributed by atoms with E-state index < -0.39 is 5.97 Å². The molecule has 7 nitrogen and oxygen atoms in total. The Labute approximate surface area is 117 Å². The van der Waals surface area contributed by atoms with Crippen molar-refractivity contribution in [1.82, 2.24) is 10.6 Å². The van der Waals surface area contributed by atoms with Gasteiger partial charge < -0.3 is 24.5 Å². The summed E-state index contributed by atoms with van der Waals surface area (Å²) in [7, 11) is 2.88. The van der Waals surface area contributed by atoms with Crippen LogP contribution in [0.1, 0.15) is 22.5 Å². The molecule has 0 radical (unpaired) electrons. The van der Waals surface area contributed by atoms with Gasteiger partial charge in [0.25, 0.3) is 0 Å². The van der Waals surface area contributed by atoms with Crippen LogP contribution in [0.3, 0.4) is 0 Å². The standard InChI is InChI=1S/C13H20N2O5/c1-18-8-6-15-11(16)3-5-14-9-10-4-7-20-12(10)13(17)19-2/h4,7,14H,3,5-6,8-9H2,1-2H3,(H,15,16). The monoisotopic (exact) mass is 284 g/mol. The average Bonchev–Trinajstić information content (AvgIpc) is 2.91. The van der Waals surface area contributed by atoms with Gasteiger partial charge in [-0.25, -0.2) is 4.79 Å². The number of amides is 1. The summed E-state index contributed by atoms with van der Waals surface area (Å²) >= 11 is 0. The van der Waals surface area contributed by atoms with Crippen LogP contribution in [0.2, 0.25) is 0 Å². The lowest BCUT2D eigenvalue weighted by Gasteiger charge is -2.06. The number of ether oxygens (including phenoxy) is 2. The number of hydrogen-bond acceptors (Lipinski definition) is 6. The maximum atomic E-state index is 11.4. The van der Waals surface area contributed by atoms with Crippen molar-refractivity contribution in [1.29, 1.82) is 0 Å². The molecule has 0 saturated heterocycles. The van der Waals surface area contributed by atoms with Crippen molar-refractivity contribution >= 4 is 11.9 Å². The zero-order chi connectivity index (χ0) is 14.8. The van der Waals surface area contributed by atoms with Gasteiger partial charge in [-0.05, 0) is 6.07 Å². The van der Waals surface area contributed by atoms with Gasteiger partial charge in [-0.3, -0.25) is 4.79 Å². The molecule has 20 heavy (non-hydrogen) atoms. The van der Waals surface area contributed by atoms with Crippen molar-refractivity contribution < 1.29 is 23.5 Å². The van der Waals surface area contributed by atoms with Gasteiger partial charge in [0.05, 0.1) is 20.0 Å². The lowest BCUT2D eigenvalue weighted by Crippen LogP contribution is -2.30. The molecule has 1 heterocycles. The highest BCUT2D eigenvalue weighted by molar-refractivity contribution is 5.87. The number of carbonyl (C=O) groups excluding carboxylic acids is 2. The van der Waals surface area contributed by atoms with E-state index in [1.165, 1.54) is 13.4 Å². The molecule has 0 aromatic carbocycles. The second kappa shape index (κ2) is 9.11. The van der Waals surface area contributed by atoms with Crippen molar-refractivity contribution in [2.24, 2.45) is 0 Å². The minimum atomic E-state index is -0.510. The van der Waals surface area contributed by atoms with E-state index in [1.54, 1.807) is 13.2 Å². The van der Waals surface area contributed by atoms with E-state index in [4.69, 9.17) is 9.15 Å². The third kappa shape index (κ3) is 5.41. The van der Waals surface area contributed by atoms with E-state index in [0.29, 0.717) is 38.2 Å². The number of hydrogen-bond donors (Lipinski definition) is 2. The average molecular weight is 284 g/mol. The summed E-state index contributed by atoms with van der Waals surface area (Å²) in [5, 5.41) is 5.79. The van der Waals surface area contributed by atoms with Gasteiger partial charge in [0.15, 0.2) is 0 Å². The maximum absolute atomic E-state index is 11.4. The van der Waals surface area contributed by atoms with Crippen LogP contribution < -0.4 is 10.6 Å². The summed E-state index contributed by atoms with van der Waals surface area (Å²) in [6.07, 6.45) is 1.79. The molecule has 0 aliphatic carbocycles. The predicted octanol–water partition coefficient (Wildman–Crippen LogP) is 0.309. The Morgan fingerprint density at radius 3 is 2.80 bits per heavy atom. The molecule has 0 fully saturated rings. The largest absolute Gasteiger partial charge is 0.463 e. The van der Waals surface area contributed by atoms with Crippen LogP contribution in [0.5, 0.6) is 0 Å². The van der Waals surface area contributed by atoms with Gasteiger partial charge in [-0.2, -0.15) is 0 Å². The molecule has 0 bridgehead atoms. The van der Waals surface area contributed by atoms with Gasteiger partial charge in [-0.1, -0.05) is 0 Å². The first-order valence-corrected chi connectivity index (χ1v) is 6.30. The van der Waals surface area contributed by atoms with Crippen molar-refractivity contribution in [3.63, 3.8) is 0 Å². The van der Waals surface area contributed by atoms with Crippen molar-refractivity contribution in [2.45, 2.75) is 13.0 Å². The van der Waals surface area contributed by atoms with Crippen LogP contribution in [0.4, 0.5) is 0 Å².